The monoisotopic (exact) mass is 469 g/mol. The van der Waals surface area contributed by atoms with Gasteiger partial charge in [0.15, 0.2) is 0 Å². The topological polar surface area (TPSA) is 185 Å². The van der Waals surface area contributed by atoms with E-state index in [1.807, 2.05) is 27.7 Å². The molecule has 0 aromatic carbocycles. The Bertz CT molecular complexity index is 728. The van der Waals surface area contributed by atoms with E-state index in [0.29, 0.717) is 19.3 Å². The van der Waals surface area contributed by atoms with Gasteiger partial charge in [-0.15, -0.1) is 0 Å². The van der Waals surface area contributed by atoms with E-state index in [4.69, 9.17) is 11.5 Å². The summed E-state index contributed by atoms with van der Waals surface area (Å²) in [5, 5.41) is 14.6. The summed E-state index contributed by atoms with van der Waals surface area (Å²) in [4.78, 5) is 62.9. The molecule has 11 heteroatoms. The Balaban J connectivity index is 2.99. The lowest BCUT2D eigenvalue weighted by Gasteiger charge is -2.30. The van der Waals surface area contributed by atoms with Crippen LogP contribution in [0.1, 0.15) is 66.2 Å². The van der Waals surface area contributed by atoms with Crippen LogP contribution in [0.3, 0.4) is 0 Å². The summed E-state index contributed by atoms with van der Waals surface area (Å²) in [6, 6.07) is -3.82. The second-order valence-electron chi connectivity index (χ2n) is 9.20. The maximum Gasteiger partial charge on any atom is 0.326 e. The van der Waals surface area contributed by atoms with Crippen molar-refractivity contribution in [2.75, 3.05) is 6.54 Å². The Morgan fingerprint density at radius 1 is 1.09 bits per heavy atom. The number of aliphatic carboxylic acids is 1. The Labute approximate surface area is 195 Å². The van der Waals surface area contributed by atoms with E-state index in [-0.39, 0.29) is 37.6 Å². The molecule has 1 rings (SSSR count). The Kier molecular flexibility index (Phi) is 11.3. The van der Waals surface area contributed by atoms with Gasteiger partial charge in [-0.2, -0.15) is 0 Å². The van der Waals surface area contributed by atoms with E-state index in [1.165, 1.54) is 4.90 Å². The molecule has 0 radical (unpaired) electrons. The number of carbonyl (C=O) groups excluding carboxylic acids is 4. The number of primary amides is 1. The molecule has 0 aliphatic carbocycles. The zero-order chi connectivity index (χ0) is 25.3. The molecular weight excluding hydrogens is 430 g/mol. The van der Waals surface area contributed by atoms with Gasteiger partial charge in [0.1, 0.15) is 18.1 Å². The van der Waals surface area contributed by atoms with Crippen LogP contribution >= 0.6 is 0 Å². The van der Waals surface area contributed by atoms with Crippen molar-refractivity contribution in [2.24, 2.45) is 23.3 Å². The highest BCUT2D eigenvalue weighted by atomic mass is 16.4. The summed E-state index contributed by atoms with van der Waals surface area (Å²) in [6.07, 6.45) is 1.69. The first-order valence-corrected chi connectivity index (χ1v) is 11.6. The van der Waals surface area contributed by atoms with E-state index in [0.717, 1.165) is 0 Å². The van der Waals surface area contributed by atoms with E-state index >= 15 is 0 Å². The lowest BCUT2D eigenvalue weighted by atomic mass is 9.98. The normalized spacial score (nSPS) is 19.5. The van der Waals surface area contributed by atoms with Crippen molar-refractivity contribution in [2.45, 2.75) is 90.4 Å². The summed E-state index contributed by atoms with van der Waals surface area (Å²) < 4.78 is 0. The van der Waals surface area contributed by atoms with Crippen LogP contribution in [-0.4, -0.2) is 70.3 Å². The van der Waals surface area contributed by atoms with Crippen molar-refractivity contribution in [1.82, 2.24) is 15.5 Å². The molecule has 0 saturated carbocycles. The summed E-state index contributed by atoms with van der Waals surface area (Å²) in [7, 11) is 0. The molecule has 1 saturated heterocycles. The third-order valence-electron chi connectivity index (χ3n) is 6.01. The predicted molar refractivity (Wildman–Crippen MR) is 122 cm³/mol. The highest BCUT2D eigenvalue weighted by Crippen LogP contribution is 2.20. The third kappa shape index (κ3) is 8.64. The van der Waals surface area contributed by atoms with Gasteiger partial charge >= 0.3 is 5.97 Å². The van der Waals surface area contributed by atoms with Gasteiger partial charge in [0.25, 0.3) is 0 Å². The fourth-order valence-corrected chi connectivity index (χ4v) is 3.79. The van der Waals surface area contributed by atoms with Crippen LogP contribution in [0.25, 0.3) is 0 Å². The number of carboxylic acids is 1. The Morgan fingerprint density at radius 2 is 1.73 bits per heavy atom. The van der Waals surface area contributed by atoms with E-state index in [1.54, 1.807) is 0 Å². The molecule has 11 nitrogen and oxygen atoms in total. The Hall–Kier alpha value is -2.69. The molecule has 0 aromatic heterocycles. The number of carbonyl (C=O) groups is 5. The van der Waals surface area contributed by atoms with Gasteiger partial charge in [0.2, 0.25) is 23.6 Å². The molecule has 1 aliphatic heterocycles. The van der Waals surface area contributed by atoms with Crippen LogP contribution in [0.5, 0.6) is 0 Å². The standard InChI is InChI=1S/C22H39N5O6/c1-5-13(4)18(24)20(30)25-14(8-9-17(23)28)21(31)27-10-6-7-16(27)19(29)26-15(22(32)33)11-12(2)3/h12-16,18H,5-11,24H2,1-4H3,(H2,23,28)(H,25,30)(H,26,29)(H,32,33). The second kappa shape index (κ2) is 13.1. The van der Waals surface area contributed by atoms with E-state index in [2.05, 4.69) is 10.6 Å². The number of nitrogens with one attached hydrogen (secondary N) is 2. The molecule has 0 spiro atoms. The smallest absolute Gasteiger partial charge is 0.326 e. The molecule has 1 aliphatic rings. The minimum atomic E-state index is -1.14. The molecule has 4 amide bonds. The van der Waals surface area contributed by atoms with Crippen LogP contribution in [0, 0.1) is 11.8 Å². The minimum absolute atomic E-state index is 0.0247. The summed E-state index contributed by atoms with van der Waals surface area (Å²) >= 11 is 0. The van der Waals surface area contributed by atoms with Crippen LogP contribution in [0.2, 0.25) is 0 Å². The fraction of sp³-hybridized carbons (Fsp3) is 0.773. The number of nitrogens with zero attached hydrogens (tertiary/aromatic N) is 1. The number of hydrogen-bond donors (Lipinski definition) is 5. The van der Waals surface area contributed by atoms with E-state index in [9.17, 15) is 29.1 Å². The van der Waals surface area contributed by atoms with Crippen molar-refractivity contribution >= 4 is 29.6 Å². The third-order valence-corrected chi connectivity index (χ3v) is 6.01. The molecule has 0 bridgehead atoms. The average Bonchev–Trinajstić information content (AvgIpc) is 3.23. The molecule has 0 aromatic rings. The lowest BCUT2D eigenvalue weighted by Crippen LogP contribution is -2.57. The van der Waals surface area contributed by atoms with Gasteiger partial charge in [-0.05, 0) is 37.5 Å². The quantitative estimate of drug-likeness (QED) is 0.245. The van der Waals surface area contributed by atoms with E-state index < -0.39 is 53.8 Å². The SMILES string of the molecule is CCC(C)C(N)C(=O)NC(CCC(N)=O)C(=O)N1CCCC1C(=O)NC(CC(C)C)C(=O)O. The number of carboxylic acid groups (broad SMARTS) is 1. The number of likely N-dealkylation sites (tertiary alicyclic amines) is 1. The van der Waals surface area contributed by atoms with Gasteiger partial charge in [0, 0.05) is 13.0 Å². The van der Waals surface area contributed by atoms with Crippen LogP contribution in [0.15, 0.2) is 0 Å². The largest absolute Gasteiger partial charge is 0.480 e. The van der Waals surface area contributed by atoms with Gasteiger partial charge < -0.3 is 32.1 Å². The average molecular weight is 470 g/mol. The molecule has 1 heterocycles. The van der Waals surface area contributed by atoms with Gasteiger partial charge in [0.05, 0.1) is 6.04 Å². The van der Waals surface area contributed by atoms with Gasteiger partial charge in [-0.25, -0.2) is 4.79 Å². The minimum Gasteiger partial charge on any atom is -0.480 e. The summed E-state index contributed by atoms with van der Waals surface area (Å²) in [5.41, 5.74) is 11.2. The highest BCUT2D eigenvalue weighted by Gasteiger charge is 2.39. The highest BCUT2D eigenvalue weighted by molar-refractivity contribution is 5.94. The number of hydrogen-bond acceptors (Lipinski definition) is 6. The maximum absolute atomic E-state index is 13.3. The van der Waals surface area contributed by atoms with Crippen LogP contribution in [0.4, 0.5) is 0 Å². The first-order valence-electron chi connectivity index (χ1n) is 11.6. The molecule has 7 N–H and O–H groups in total. The van der Waals surface area contributed by atoms with Crippen molar-refractivity contribution in [3.8, 4) is 0 Å². The van der Waals surface area contributed by atoms with Gasteiger partial charge in [-0.3, -0.25) is 19.2 Å². The summed E-state index contributed by atoms with van der Waals surface area (Å²) in [6.45, 7) is 7.69. The molecular formula is C22H39N5O6. The molecule has 1 fully saturated rings. The van der Waals surface area contributed by atoms with Crippen molar-refractivity contribution in [3.05, 3.63) is 0 Å². The fourth-order valence-electron chi connectivity index (χ4n) is 3.79. The van der Waals surface area contributed by atoms with Crippen LogP contribution < -0.4 is 22.1 Å². The lowest BCUT2D eigenvalue weighted by molar-refractivity contribution is -0.145. The molecule has 33 heavy (non-hydrogen) atoms. The number of rotatable bonds is 13. The van der Waals surface area contributed by atoms with Crippen molar-refractivity contribution in [1.29, 1.82) is 0 Å². The molecule has 5 unspecified atom stereocenters. The maximum atomic E-state index is 13.3. The summed E-state index contributed by atoms with van der Waals surface area (Å²) in [5.74, 6) is -3.41. The first-order chi connectivity index (χ1) is 15.4. The Morgan fingerprint density at radius 3 is 2.24 bits per heavy atom. The zero-order valence-corrected chi connectivity index (χ0v) is 20.0. The van der Waals surface area contributed by atoms with Crippen molar-refractivity contribution < 1.29 is 29.1 Å². The van der Waals surface area contributed by atoms with Gasteiger partial charge in [-0.1, -0.05) is 34.1 Å². The zero-order valence-electron chi connectivity index (χ0n) is 20.0. The second-order valence-corrected chi connectivity index (χ2v) is 9.20. The van der Waals surface area contributed by atoms with Crippen LogP contribution in [-0.2, 0) is 24.0 Å². The van der Waals surface area contributed by atoms with Crippen molar-refractivity contribution in [3.63, 3.8) is 0 Å². The number of nitrogens with two attached hydrogens (primary N) is 2. The first kappa shape index (κ1) is 28.3. The number of amides is 4. The predicted octanol–water partition coefficient (Wildman–Crippen LogP) is -0.283. The molecule has 188 valence electrons. The molecule has 5 atom stereocenters.